The van der Waals surface area contributed by atoms with Gasteiger partial charge in [0.1, 0.15) is 5.75 Å². The van der Waals surface area contributed by atoms with Crippen LogP contribution in [0.2, 0.25) is 5.02 Å². The van der Waals surface area contributed by atoms with Gasteiger partial charge in [-0.1, -0.05) is 31.5 Å². The number of hydrogen-bond acceptors (Lipinski definition) is 4. The van der Waals surface area contributed by atoms with Gasteiger partial charge < -0.3 is 20.3 Å². The molecule has 1 aliphatic rings. The van der Waals surface area contributed by atoms with Crippen molar-refractivity contribution < 1.29 is 19.1 Å². The topological polar surface area (TPSA) is 87.7 Å². The Balaban J connectivity index is 1.51. The molecule has 8 heteroatoms. The van der Waals surface area contributed by atoms with E-state index in [1.54, 1.807) is 53.4 Å². The normalized spacial score (nSPS) is 15.8. The Hall–Kier alpha value is -3.06. The fraction of sp³-hybridized carbons (Fsp3) is 0.348. The van der Waals surface area contributed by atoms with Crippen LogP contribution in [0, 0.1) is 11.8 Å². The predicted molar refractivity (Wildman–Crippen MR) is 120 cm³/mol. The van der Waals surface area contributed by atoms with Crippen LogP contribution in [-0.4, -0.2) is 37.4 Å². The van der Waals surface area contributed by atoms with Gasteiger partial charge in [0.25, 0.3) is 5.91 Å². The van der Waals surface area contributed by atoms with Crippen LogP contribution in [0.3, 0.4) is 0 Å². The summed E-state index contributed by atoms with van der Waals surface area (Å²) in [7, 11) is 0. The molecule has 1 aliphatic heterocycles. The molecule has 0 aliphatic carbocycles. The van der Waals surface area contributed by atoms with E-state index in [1.807, 2.05) is 13.8 Å². The highest BCUT2D eigenvalue weighted by Gasteiger charge is 2.35. The number of nitrogens with zero attached hydrogens (tertiary/aromatic N) is 1. The molecule has 1 saturated heterocycles. The van der Waals surface area contributed by atoms with Crippen molar-refractivity contribution in [2.75, 3.05) is 29.9 Å². The molecule has 0 unspecified atom stereocenters. The second kappa shape index (κ2) is 10.3. The Labute approximate surface area is 186 Å². The first-order valence-electron chi connectivity index (χ1n) is 10.2. The summed E-state index contributed by atoms with van der Waals surface area (Å²) in [5, 5.41) is 6.13. The molecule has 2 aromatic rings. The molecule has 2 N–H and O–H groups in total. The zero-order valence-corrected chi connectivity index (χ0v) is 18.3. The lowest BCUT2D eigenvalue weighted by molar-refractivity contribution is -0.126. The summed E-state index contributed by atoms with van der Waals surface area (Å²) in [5.74, 6) is 0.0308. The Morgan fingerprint density at radius 1 is 1.19 bits per heavy atom. The largest absolute Gasteiger partial charge is 0.484 e. The van der Waals surface area contributed by atoms with Gasteiger partial charge in [-0.2, -0.15) is 0 Å². The predicted octanol–water partition coefficient (Wildman–Crippen LogP) is 3.48. The van der Waals surface area contributed by atoms with Crippen molar-refractivity contribution >= 4 is 40.7 Å². The fourth-order valence-electron chi connectivity index (χ4n) is 3.22. The highest BCUT2D eigenvalue weighted by Crippen LogP contribution is 2.27. The van der Waals surface area contributed by atoms with E-state index in [-0.39, 0.29) is 36.7 Å². The van der Waals surface area contributed by atoms with Crippen LogP contribution in [-0.2, 0) is 14.4 Å². The molecular formula is C23H26ClN3O4. The summed E-state index contributed by atoms with van der Waals surface area (Å²) in [6, 6.07) is 13.7. The van der Waals surface area contributed by atoms with Crippen LogP contribution in [0.25, 0.3) is 0 Å². The third-order valence-electron chi connectivity index (χ3n) is 4.81. The van der Waals surface area contributed by atoms with E-state index in [1.165, 1.54) is 0 Å². The molecule has 0 aromatic heterocycles. The second-order valence-corrected chi connectivity index (χ2v) is 8.32. The summed E-state index contributed by atoms with van der Waals surface area (Å²) in [6.45, 7) is 4.84. The molecule has 0 bridgehead atoms. The summed E-state index contributed by atoms with van der Waals surface area (Å²) >= 11 is 5.90. The molecule has 3 amide bonds. The van der Waals surface area contributed by atoms with E-state index >= 15 is 0 Å². The van der Waals surface area contributed by atoms with E-state index in [0.717, 1.165) is 0 Å². The SMILES string of the molecule is CC(C)CNC(=O)[C@@H]1CC(=O)N(c2ccc(OCC(=O)Nc3cccc(Cl)c3)cc2)C1. The van der Waals surface area contributed by atoms with Crippen molar-refractivity contribution in [1.82, 2.24) is 5.32 Å². The number of benzene rings is 2. The first-order chi connectivity index (χ1) is 14.8. The minimum absolute atomic E-state index is 0.0840. The first-order valence-corrected chi connectivity index (χ1v) is 10.6. The molecular weight excluding hydrogens is 418 g/mol. The maximum Gasteiger partial charge on any atom is 0.262 e. The Bertz CT molecular complexity index is 946. The van der Waals surface area contributed by atoms with E-state index in [0.29, 0.717) is 41.2 Å². The van der Waals surface area contributed by atoms with Crippen molar-refractivity contribution in [3.8, 4) is 5.75 Å². The van der Waals surface area contributed by atoms with Gasteiger partial charge in [0.2, 0.25) is 11.8 Å². The van der Waals surface area contributed by atoms with Crippen LogP contribution in [0.4, 0.5) is 11.4 Å². The molecule has 3 rings (SSSR count). The summed E-state index contributed by atoms with van der Waals surface area (Å²) in [5.41, 5.74) is 1.29. The maximum atomic E-state index is 12.4. The quantitative estimate of drug-likeness (QED) is 0.653. The first kappa shape index (κ1) is 22.6. The maximum absolute atomic E-state index is 12.4. The van der Waals surface area contributed by atoms with Gasteiger partial charge in [-0.25, -0.2) is 0 Å². The lowest BCUT2D eigenvalue weighted by Crippen LogP contribution is -2.35. The number of halogens is 1. The Kier molecular flexibility index (Phi) is 7.52. The number of amides is 3. The van der Waals surface area contributed by atoms with Crippen LogP contribution in [0.5, 0.6) is 5.75 Å². The summed E-state index contributed by atoms with van der Waals surface area (Å²) in [6.07, 6.45) is 0.200. The Morgan fingerprint density at radius 3 is 2.61 bits per heavy atom. The zero-order valence-electron chi connectivity index (χ0n) is 17.6. The highest BCUT2D eigenvalue weighted by molar-refractivity contribution is 6.30. The number of nitrogens with one attached hydrogen (secondary N) is 2. The van der Waals surface area contributed by atoms with E-state index < -0.39 is 0 Å². The van der Waals surface area contributed by atoms with Gasteiger partial charge in [-0.05, 0) is 48.4 Å². The third kappa shape index (κ3) is 6.46. The number of ether oxygens (including phenoxy) is 1. The van der Waals surface area contributed by atoms with Crippen molar-refractivity contribution in [3.05, 3.63) is 53.6 Å². The Morgan fingerprint density at radius 2 is 1.94 bits per heavy atom. The molecule has 1 fully saturated rings. The van der Waals surface area contributed by atoms with Crippen LogP contribution in [0.15, 0.2) is 48.5 Å². The lowest BCUT2D eigenvalue weighted by atomic mass is 10.1. The van der Waals surface area contributed by atoms with Gasteiger partial charge in [0.05, 0.1) is 5.92 Å². The summed E-state index contributed by atoms with van der Waals surface area (Å²) < 4.78 is 5.52. The number of rotatable bonds is 8. The molecule has 1 heterocycles. The van der Waals surface area contributed by atoms with Crippen LogP contribution >= 0.6 is 11.6 Å². The average molecular weight is 444 g/mol. The van der Waals surface area contributed by atoms with Gasteiger partial charge in [0.15, 0.2) is 6.61 Å². The molecule has 2 aromatic carbocycles. The van der Waals surface area contributed by atoms with E-state index in [2.05, 4.69) is 10.6 Å². The fourth-order valence-corrected chi connectivity index (χ4v) is 3.41. The van der Waals surface area contributed by atoms with Crippen molar-refractivity contribution in [1.29, 1.82) is 0 Å². The number of carbonyl (C=O) groups is 3. The van der Waals surface area contributed by atoms with Gasteiger partial charge in [0, 0.05) is 35.9 Å². The van der Waals surface area contributed by atoms with Crippen LogP contribution in [0.1, 0.15) is 20.3 Å². The number of anilines is 2. The van der Waals surface area contributed by atoms with Crippen LogP contribution < -0.4 is 20.3 Å². The van der Waals surface area contributed by atoms with Crippen molar-refractivity contribution in [3.63, 3.8) is 0 Å². The van der Waals surface area contributed by atoms with Crippen molar-refractivity contribution in [2.45, 2.75) is 20.3 Å². The molecule has 1 atom stereocenters. The zero-order chi connectivity index (χ0) is 22.4. The van der Waals surface area contributed by atoms with E-state index in [4.69, 9.17) is 16.3 Å². The molecule has 164 valence electrons. The van der Waals surface area contributed by atoms with Gasteiger partial charge in [-0.15, -0.1) is 0 Å². The number of hydrogen-bond donors (Lipinski definition) is 2. The summed E-state index contributed by atoms with van der Waals surface area (Å²) in [4.78, 5) is 38.3. The molecule has 0 spiro atoms. The molecule has 0 saturated carbocycles. The third-order valence-corrected chi connectivity index (χ3v) is 5.04. The van der Waals surface area contributed by atoms with Gasteiger partial charge in [-0.3, -0.25) is 14.4 Å². The van der Waals surface area contributed by atoms with Crippen molar-refractivity contribution in [2.24, 2.45) is 11.8 Å². The monoisotopic (exact) mass is 443 g/mol. The molecule has 7 nitrogen and oxygen atoms in total. The average Bonchev–Trinajstić information content (AvgIpc) is 3.12. The second-order valence-electron chi connectivity index (χ2n) is 7.89. The minimum atomic E-state index is -0.350. The molecule has 31 heavy (non-hydrogen) atoms. The lowest BCUT2D eigenvalue weighted by Gasteiger charge is -2.17. The van der Waals surface area contributed by atoms with E-state index in [9.17, 15) is 14.4 Å². The number of carbonyl (C=O) groups excluding carboxylic acids is 3. The van der Waals surface area contributed by atoms with Gasteiger partial charge >= 0.3 is 0 Å². The standard InChI is InChI=1S/C23H26ClN3O4/c1-15(2)12-25-23(30)16-10-22(29)27(13-16)19-6-8-20(9-7-19)31-14-21(28)26-18-5-3-4-17(24)11-18/h3-9,11,15-16H,10,12-14H2,1-2H3,(H,25,30)(H,26,28)/t16-/m1/s1. The molecule has 0 radical (unpaired) electrons. The highest BCUT2D eigenvalue weighted by atomic mass is 35.5. The minimum Gasteiger partial charge on any atom is -0.484 e. The smallest absolute Gasteiger partial charge is 0.262 e.